The largest absolute Gasteiger partial charge is 0.379 e. The average molecular weight is 293 g/mol. The predicted octanol–water partition coefficient (Wildman–Crippen LogP) is 2.74. The van der Waals surface area contributed by atoms with Gasteiger partial charge in [0, 0.05) is 29.6 Å². The molecule has 0 unspecified atom stereocenters. The minimum atomic E-state index is -0.0599. The minimum Gasteiger partial charge on any atom is -0.379 e. The summed E-state index contributed by atoms with van der Waals surface area (Å²) in [5.41, 5.74) is 1.65. The summed E-state index contributed by atoms with van der Waals surface area (Å²) in [7, 11) is 1.89. The van der Waals surface area contributed by atoms with Crippen LogP contribution in [-0.4, -0.2) is 29.7 Å². The van der Waals surface area contributed by atoms with E-state index in [1.54, 1.807) is 0 Å². The molecule has 1 aromatic heterocycles. The van der Waals surface area contributed by atoms with Crippen LogP contribution < -0.4 is 5.32 Å². The predicted molar refractivity (Wildman–Crippen MR) is 79.2 cm³/mol. The molecule has 1 saturated heterocycles. The number of ether oxygens (including phenoxy) is 1. The van der Waals surface area contributed by atoms with E-state index in [0.29, 0.717) is 17.3 Å². The number of carbonyl (C=O) groups is 1. The van der Waals surface area contributed by atoms with Crippen molar-refractivity contribution in [3.05, 3.63) is 35.0 Å². The standard InChI is InChI=1S/C15H17ClN2O2/c1-18-13-5-4-11(16)7-10(13)8-14(18)15(19)17-12-3-2-6-20-9-12/h4-5,7-8,12H,2-3,6,9H2,1H3,(H,17,19)/t12-/m1/s1. The molecule has 0 radical (unpaired) electrons. The van der Waals surface area contributed by atoms with Crippen LogP contribution in [0, 0.1) is 0 Å². The van der Waals surface area contributed by atoms with Crippen molar-refractivity contribution in [3.8, 4) is 0 Å². The molecule has 3 rings (SSSR count). The molecule has 5 heteroatoms. The van der Waals surface area contributed by atoms with Gasteiger partial charge in [0.15, 0.2) is 0 Å². The number of aromatic nitrogens is 1. The number of aryl methyl sites for hydroxylation is 1. The van der Waals surface area contributed by atoms with Crippen molar-refractivity contribution in [2.45, 2.75) is 18.9 Å². The summed E-state index contributed by atoms with van der Waals surface area (Å²) in [6.07, 6.45) is 1.97. The van der Waals surface area contributed by atoms with E-state index in [4.69, 9.17) is 16.3 Å². The van der Waals surface area contributed by atoms with E-state index < -0.39 is 0 Å². The third-order valence-corrected chi connectivity index (χ3v) is 3.97. The number of rotatable bonds is 2. The third-order valence-electron chi connectivity index (χ3n) is 3.73. The van der Waals surface area contributed by atoms with Gasteiger partial charge >= 0.3 is 0 Å². The molecule has 1 amide bonds. The van der Waals surface area contributed by atoms with E-state index in [1.807, 2.05) is 35.9 Å². The Morgan fingerprint density at radius 1 is 1.45 bits per heavy atom. The van der Waals surface area contributed by atoms with E-state index in [0.717, 1.165) is 30.4 Å². The van der Waals surface area contributed by atoms with Gasteiger partial charge in [-0.3, -0.25) is 4.79 Å². The second-order valence-electron chi connectivity index (χ2n) is 5.18. The zero-order chi connectivity index (χ0) is 14.1. The van der Waals surface area contributed by atoms with Crippen LogP contribution >= 0.6 is 11.6 Å². The summed E-state index contributed by atoms with van der Waals surface area (Å²) in [4.78, 5) is 12.4. The molecule has 1 atom stereocenters. The first-order valence-electron chi connectivity index (χ1n) is 6.79. The Bertz CT molecular complexity index is 645. The zero-order valence-electron chi connectivity index (χ0n) is 11.4. The van der Waals surface area contributed by atoms with Crippen LogP contribution in [0.25, 0.3) is 10.9 Å². The number of nitrogens with zero attached hydrogens (tertiary/aromatic N) is 1. The molecule has 1 N–H and O–H groups in total. The fourth-order valence-corrected chi connectivity index (χ4v) is 2.83. The molecule has 1 aliphatic heterocycles. The molecule has 0 saturated carbocycles. The lowest BCUT2D eigenvalue weighted by Gasteiger charge is -2.23. The van der Waals surface area contributed by atoms with E-state index >= 15 is 0 Å². The first-order chi connectivity index (χ1) is 9.65. The topological polar surface area (TPSA) is 43.3 Å². The molecule has 1 fully saturated rings. The van der Waals surface area contributed by atoms with E-state index in [1.165, 1.54) is 0 Å². The van der Waals surface area contributed by atoms with Gasteiger partial charge in [0.05, 0.1) is 12.6 Å². The van der Waals surface area contributed by atoms with Crippen LogP contribution in [0.4, 0.5) is 0 Å². The maximum Gasteiger partial charge on any atom is 0.268 e. The second kappa shape index (κ2) is 5.46. The zero-order valence-corrected chi connectivity index (χ0v) is 12.1. The molecule has 106 valence electrons. The summed E-state index contributed by atoms with van der Waals surface area (Å²) in [6, 6.07) is 7.62. The first-order valence-corrected chi connectivity index (χ1v) is 7.16. The van der Waals surface area contributed by atoms with Crippen LogP contribution in [0.3, 0.4) is 0 Å². The van der Waals surface area contributed by atoms with E-state index in [9.17, 15) is 4.79 Å². The molecule has 4 nitrogen and oxygen atoms in total. The van der Waals surface area contributed by atoms with Crippen LogP contribution in [0.2, 0.25) is 5.02 Å². The van der Waals surface area contributed by atoms with Gasteiger partial charge in [-0.05, 0) is 37.1 Å². The molecule has 0 spiro atoms. The van der Waals surface area contributed by atoms with Crippen molar-refractivity contribution < 1.29 is 9.53 Å². The Balaban J connectivity index is 1.85. The van der Waals surface area contributed by atoms with Gasteiger partial charge in [0.2, 0.25) is 0 Å². The molecule has 20 heavy (non-hydrogen) atoms. The maximum absolute atomic E-state index is 12.4. The Labute approximate surface area is 122 Å². The van der Waals surface area contributed by atoms with Crippen molar-refractivity contribution in [2.24, 2.45) is 7.05 Å². The normalized spacial score (nSPS) is 19.2. The Morgan fingerprint density at radius 3 is 3.05 bits per heavy atom. The van der Waals surface area contributed by atoms with Gasteiger partial charge in [-0.2, -0.15) is 0 Å². The molecule has 2 heterocycles. The molecule has 1 aromatic carbocycles. The second-order valence-corrected chi connectivity index (χ2v) is 5.62. The van der Waals surface area contributed by atoms with Crippen LogP contribution in [-0.2, 0) is 11.8 Å². The summed E-state index contributed by atoms with van der Waals surface area (Å²) in [5.74, 6) is -0.0599. The SMILES string of the molecule is Cn1c(C(=O)N[C@@H]2CCCOC2)cc2cc(Cl)ccc21. The minimum absolute atomic E-state index is 0.0599. The monoisotopic (exact) mass is 292 g/mol. The molecule has 2 aromatic rings. The van der Waals surface area contributed by atoms with Crippen LogP contribution in [0.15, 0.2) is 24.3 Å². The fraction of sp³-hybridized carbons (Fsp3) is 0.400. The van der Waals surface area contributed by atoms with Gasteiger partial charge in [0.1, 0.15) is 5.69 Å². The van der Waals surface area contributed by atoms with Gasteiger partial charge in [-0.1, -0.05) is 11.6 Å². The number of amides is 1. The Hall–Kier alpha value is -1.52. The van der Waals surface area contributed by atoms with Crippen molar-refractivity contribution in [2.75, 3.05) is 13.2 Å². The molecule has 1 aliphatic rings. The van der Waals surface area contributed by atoms with E-state index in [-0.39, 0.29) is 11.9 Å². The lowest BCUT2D eigenvalue weighted by atomic mass is 10.1. The highest BCUT2D eigenvalue weighted by molar-refractivity contribution is 6.31. The highest BCUT2D eigenvalue weighted by atomic mass is 35.5. The van der Waals surface area contributed by atoms with Gasteiger partial charge in [0.25, 0.3) is 5.91 Å². The van der Waals surface area contributed by atoms with Gasteiger partial charge < -0.3 is 14.6 Å². The lowest BCUT2D eigenvalue weighted by molar-refractivity contribution is 0.0620. The highest BCUT2D eigenvalue weighted by Crippen LogP contribution is 2.22. The fourth-order valence-electron chi connectivity index (χ4n) is 2.65. The van der Waals surface area contributed by atoms with Gasteiger partial charge in [-0.25, -0.2) is 0 Å². The molecular formula is C15H17ClN2O2. The van der Waals surface area contributed by atoms with Crippen molar-refractivity contribution in [1.29, 1.82) is 0 Å². The number of nitrogens with one attached hydrogen (secondary N) is 1. The molecular weight excluding hydrogens is 276 g/mol. The quantitative estimate of drug-likeness (QED) is 0.925. The highest BCUT2D eigenvalue weighted by Gasteiger charge is 2.19. The number of hydrogen-bond acceptors (Lipinski definition) is 2. The average Bonchev–Trinajstić information content (AvgIpc) is 2.76. The van der Waals surface area contributed by atoms with Gasteiger partial charge in [-0.15, -0.1) is 0 Å². The number of carbonyl (C=O) groups excluding carboxylic acids is 1. The number of benzene rings is 1. The molecule has 0 aliphatic carbocycles. The molecule has 0 bridgehead atoms. The number of fused-ring (bicyclic) bond motifs is 1. The first kappa shape index (κ1) is 13.5. The Kier molecular flexibility index (Phi) is 3.68. The number of hydrogen-bond donors (Lipinski definition) is 1. The summed E-state index contributed by atoms with van der Waals surface area (Å²) in [6.45, 7) is 1.39. The summed E-state index contributed by atoms with van der Waals surface area (Å²) >= 11 is 5.99. The van der Waals surface area contributed by atoms with Crippen molar-refractivity contribution in [1.82, 2.24) is 9.88 Å². The van der Waals surface area contributed by atoms with E-state index in [2.05, 4.69) is 5.32 Å². The Morgan fingerprint density at radius 2 is 2.30 bits per heavy atom. The third kappa shape index (κ3) is 2.53. The van der Waals surface area contributed by atoms with Crippen molar-refractivity contribution in [3.63, 3.8) is 0 Å². The van der Waals surface area contributed by atoms with Crippen molar-refractivity contribution >= 4 is 28.4 Å². The summed E-state index contributed by atoms with van der Waals surface area (Å²) in [5, 5.41) is 4.69. The number of halogens is 1. The van der Waals surface area contributed by atoms with Crippen LogP contribution in [0.1, 0.15) is 23.3 Å². The maximum atomic E-state index is 12.4. The van der Waals surface area contributed by atoms with Crippen LogP contribution in [0.5, 0.6) is 0 Å². The lowest BCUT2D eigenvalue weighted by Crippen LogP contribution is -2.41. The smallest absolute Gasteiger partial charge is 0.268 e. The summed E-state index contributed by atoms with van der Waals surface area (Å²) < 4.78 is 7.28.